The van der Waals surface area contributed by atoms with Gasteiger partial charge in [-0.3, -0.25) is 4.79 Å². The van der Waals surface area contributed by atoms with Crippen molar-refractivity contribution in [3.8, 4) is 0 Å². The van der Waals surface area contributed by atoms with Gasteiger partial charge in [-0.05, 0) is 20.8 Å². The smallest absolute Gasteiger partial charge is 0.316 e. The standard InChI is InChI=1S/C11H19N3O2S/c1-5-9-12-13-11(14(9)8(3)4)17-7-10(15)16-6-2/h8H,5-7H2,1-4H3. The van der Waals surface area contributed by atoms with Gasteiger partial charge in [-0.2, -0.15) is 0 Å². The highest BCUT2D eigenvalue weighted by molar-refractivity contribution is 7.99. The van der Waals surface area contributed by atoms with E-state index in [1.54, 1.807) is 6.92 Å². The van der Waals surface area contributed by atoms with Crippen LogP contribution in [0.5, 0.6) is 0 Å². The van der Waals surface area contributed by atoms with Gasteiger partial charge in [-0.1, -0.05) is 18.7 Å². The van der Waals surface area contributed by atoms with Crippen molar-refractivity contribution in [2.45, 2.75) is 45.3 Å². The van der Waals surface area contributed by atoms with Crippen molar-refractivity contribution >= 4 is 17.7 Å². The number of carbonyl (C=O) groups excluding carboxylic acids is 1. The predicted octanol–water partition coefficient (Wildman–Crippen LogP) is 2.08. The normalized spacial score (nSPS) is 10.9. The van der Waals surface area contributed by atoms with E-state index in [-0.39, 0.29) is 11.7 Å². The minimum atomic E-state index is -0.214. The fourth-order valence-electron chi connectivity index (χ4n) is 1.49. The van der Waals surface area contributed by atoms with Crippen molar-refractivity contribution < 1.29 is 9.53 Å². The van der Waals surface area contributed by atoms with Crippen molar-refractivity contribution in [3.05, 3.63) is 5.82 Å². The molecule has 5 nitrogen and oxygen atoms in total. The first-order valence-corrected chi connectivity index (χ1v) is 6.80. The van der Waals surface area contributed by atoms with Gasteiger partial charge < -0.3 is 9.30 Å². The van der Waals surface area contributed by atoms with Gasteiger partial charge in [0.25, 0.3) is 0 Å². The van der Waals surface area contributed by atoms with Gasteiger partial charge in [-0.15, -0.1) is 10.2 Å². The highest BCUT2D eigenvalue weighted by Crippen LogP contribution is 2.21. The Hall–Kier alpha value is -1.04. The zero-order chi connectivity index (χ0) is 12.8. The molecule has 0 spiro atoms. The van der Waals surface area contributed by atoms with Crippen molar-refractivity contribution in [2.24, 2.45) is 0 Å². The monoisotopic (exact) mass is 257 g/mol. The van der Waals surface area contributed by atoms with E-state index in [1.165, 1.54) is 11.8 Å². The van der Waals surface area contributed by atoms with E-state index in [1.807, 2.05) is 6.92 Å². The SMILES string of the molecule is CCOC(=O)CSc1nnc(CC)n1C(C)C. The topological polar surface area (TPSA) is 57.0 Å². The van der Waals surface area contributed by atoms with Crippen molar-refractivity contribution in [2.75, 3.05) is 12.4 Å². The summed E-state index contributed by atoms with van der Waals surface area (Å²) in [6.07, 6.45) is 0.838. The van der Waals surface area contributed by atoms with Gasteiger partial charge in [-0.25, -0.2) is 0 Å². The second-order valence-electron chi connectivity index (χ2n) is 3.81. The summed E-state index contributed by atoms with van der Waals surface area (Å²) < 4.78 is 6.94. The summed E-state index contributed by atoms with van der Waals surface area (Å²) in [5.74, 6) is 1.02. The lowest BCUT2D eigenvalue weighted by Crippen LogP contribution is -2.10. The number of aromatic nitrogens is 3. The molecule has 1 heterocycles. The number of aryl methyl sites for hydroxylation is 1. The Labute approximate surface area is 106 Å². The molecular weight excluding hydrogens is 238 g/mol. The fourth-order valence-corrected chi connectivity index (χ4v) is 2.38. The number of esters is 1. The van der Waals surface area contributed by atoms with Gasteiger partial charge in [0, 0.05) is 12.5 Å². The average molecular weight is 257 g/mol. The van der Waals surface area contributed by atoms with E-state index in [0.29, 0.717) is 12.6 Å². The summed E-state index contributed by atoms with van der Waals surface area (Å²) in [5.41, 5.74) is 0. The molecule has 0 N–H and O–H groups in total. The molecule has 0 saturated heterocycles. The minimum Gasteiger partial charge on any atom is -0.465 e. The molecule has 0 bridgehead atoms. The van der Waals surface area contributed by atoms with Crippen LogP contribution in [0, 0.1) is 0 Å². The summed E-state index contributed by atoms with van der Waals surface area (Å²) in [6, 6.07) is 0.296. The summed E-state index contributed by atoms with van der Waals surface area (Å²) >= 11 is 1.37. The molecular formula is C11H19N3O2S. The summed E-state index contributed by atoms with van der Waals surface area (Å²) in [7, 11) is 0. The molecule has 0 atom stereocenters. The van der Waals surface area contributed by atoms with Gasteiger partial charge in [0.2, 0.25) is 0 Å². The second kappa shape index (κ2) is 6.64. The van der Waals surface area contributed by atoms with Gasteiger partial charge in [0.05, 0.1) is 12.4 Å². The van der Waals surface area contributed by atoms with E-state index in [9.17, 15) is 4.79 Å². The van der Waals surface area contributed by atoms with Crippen LogP contribution in [0.15, 0.2) is 5.16 Å². The minimum absolute atomic E-state index is 0.214. The highest BCUT2D eigenvalue weighted by Gasteiger charge is 2.15. The van der Waals surface area contributed by atoms with Crippen molar-refractivity contribution in [1.29, 1.82) is 0 Å². The van der Waals surface area contributed by atoms with E-state index in [2.05, 4.69) is 28.6 Å². The first-order chi connectivity index (χ1) is 8.10. The molecule has 0 aliphatic rings. The Balaban J connectivity index is 2.71. The quantitative estimate of drug-likeness (QED) is 0.577. The number of hydrogen-bond donors (Lipinski definition) is 0. The third-order valence-corrected chi connectivity index (χ3v) is 3.11. The molecule has 6 heteroatoms. The van der Waals surface area contributed by atoms with Crippen LogP contribution in [0.4, 0.5) is 0 Å². The summed E-state index contributed by atoms with van der Waals surface area (Å²) in [5, 5.41) is 9.01. The molecule has 0 amide bonds. The third kappa shape index (κ3) is 3.73. The van der Waals surface area contributed by atoms with Gasteiger partial charge in [0.15, 0.2) is 5.16 Å². The number of rotatable bonds is 6. The molecule has 0 aliphatic heterocycles. The molecule has 17 heavy (non-hydrogen) atoms. The van der Waals surface area contributed by atoms with Gasteiger partial charge >= 0.3 is 5.97 Å². The lowest BCUT2D eigenvalue weighted by Gasteiger charge is -2.12. The maximum absolute atomic E-state index is 11.3. The Morgan fingerprint density at radius 3 is 2.65 bits per heavy atom. The Morgan fingerprint density at radius 2 is 2.12 bits per heavy atom. The number of carbonyl (C=O) groups is 1. The zero-order valence-electron chi connectivity index (χ0n) is 10.8. The Morgan fingerprint density at radius 1 is 1.41 bits per heavy atom. The lowest BCUT2D eigenvalue weighted by molar-refractivity contribution is -0.139. The molecule has 0 unspecified atom stereocenters. The summed E-state index contributed by atoms with van der Waals surface area (Å²) in [4.78, 5) is 11.3. The van der Waals surface area contributed by atoms with Crippen LogP contribution in [0.2, 0.25) is 0 Å². The van der Waals surface area contributed by atoms with Crippen molar-refractivity contribution in [1.82, 2.24) is 14.8 Å². The van der Waals surface area contributed by atoms with Crippen LogP contribution in [0.25, 0.3) is 0 Å². The molecule has 0 saturated carbocycles. The van der Waals surface area contributed by atoms with Gasteiger partial charge in [0.1, 0.15) is 5.82 Å². The molecule has 1 aromatic heterocycles. The molecule has 1 rings (SSSR count). The maximum Gasteiger partial charge on any atom is 0.316 e. The number of nitrogens with zero attached hydrogens (tertiary/aromatic N) is 3. The summed E-state index contributed by atoms with van der Waals surface area (Å²) in [6.45, 7) is 8.42. The van der Waals surface area contributed by atoms with Crippen LogP contribution in [0.3, 0.4) is 0 Å². The average Bonchev–Trinajstić information content (AvgIpc) is 2.69. The van der Waals surface area contributed by atoms with Crippen LogP contribution in [-0.2, 0) is 16.0 Å². The Bertz CT molecular complexity index is 377. The first-order valence-electron chi connectivity index (χ1n) is 5.82. The maximum atomic E-state index is 11.3. The number of ether oxygens (including phenoxy) is 1. The van der Waals surface area contributed by atoms with E-state index < -0.39 is 0 Å². The fraction of sp³-hybridized carbons (Fsp3) is 0.727. The van der Waals surface area contributed by atoms with E-state index in [4.69, 9.17) is 4.74 Å². The largest absolute Gasteiger partial charge is 0.465 e. The number of hydrogen-bond acceptors (Lipinski definition) is 5. The highest BCUT2D eigenvalue weighted by atomic mass is 32.2. The van der Waals surface area contributed by atoms with Crippen LogP contribution < -0.4 is 0 Å². The molecule has 0 radical (unpaired) electrons. The van der Waals surface area contributed by atoms with E-state index >= 15 is 0 Å². The number of thioether (sulfide) groups is 1. The molecule has 0 aromatic carbocycles. The second-order valence-corrected chi connectivity index (χ2v) is 4.75. The first kappa shape index (κ1) is 14.0. The molecule has 0 aliphatic carbocycles. The predicted molar refractivity (Wildman–Crippen MR) is 67.1 cm³/mol. The van der Waals surface area contributed by atoms with Crippen molar-refractivity contribution in [3.63, 3.8) is 0 Å². The molecule has 0 fully saturated rings. The Kier molecular flexibility index (Phi) is 5.47. The van der Waals surface area contributed by atoms with Crippen LogP contribution in [-0.4, -0.2) is 33.1 Å². The zero-order valence-corrected chi connectivity index (χ0v) is 11.6. The van der Waals surface area contributed by atoms with E-state index in [0.717, 1.165) is 17.4 Å². The third-order valence-electron chi connectivity index (χ3n) is 2.19. The lowest BCUT2D eigenvalue weighted by atomic mass is 10.3. The van der Waals surface area contributed by atoms with Crippen LogP contribution >= 0.6 is 11.8 Å². The molecule has 1 aromatic rings. The molecule has 96 valence electrons. The van der Waals surface area contributed by atoms with Crippen LogP contribution in [0.1, 0.15) is 39.6 Å².